The molecule has 0 fully saturated rings. The molecule has 33 heavy (non-hydrogen) atoms. The van der Waals surface area contributed by atoms with Gasteiger partial charge in [0.25, 0.3) is 16.0 Å². The van der Waals surface area contributed by atoms with E-state index in [9.17, 15) is 13.2 Å². The molecule has 0 aliphatic heterocycles. The summed E-state index contributed by atoms with van der Waals surface area (Å²) in [5.41, 5.74) is 2.00. The smallest absolute Gasteiger partial charge is 0.297 e. The number of amides is 1. The number of carbonyl (C=O) groups excluding carboxylic acids is 1. The van der Waals surface area contributed by atoms with Gasteiger partial charge in [-0.3, -0.25) is 8.98 Å². The second kappa shape index (κ2) is 14.5. The molecule has 1 atom stereocenters. The highest BCUT2D eigenvalue weighted by Crippen LogP contribution is 2.36. The molecule has 1 heterocycles. The molecule has 2 rings (SSSR count). The van der Waals surface area contributed by atoms with Crippen LogP contribution in [0.1, 0.15) is 26.5 Å². The number of rotatable bonds is 14. The molecule has 0 aliphatic carbocycles. The van der Waals surface area contributed by atoms with E-state index in [1.807, 2.05) is 0 Å². The van der Waals surface area contributed by atoms with E-state index >= 15 is 0 Å². The van der Waals surface area contributed by atoms with Gasteiger partial charge in [-0.05, 0) is 60.0 Å². The molecule has 0 spiro atoms. The Morgan fingerprint density at radius 3 is 2.09 bits per heavy atom. The Labute approximate surface area is 225 Å². The summed E-state index contributed by atoms with van der Waals surface area (Å²) in [5.74, 6) is 1.29. The van der Waals surface area contributed by atoms with Crippen LogP contribution in [0.3, 0.4) is 0 Å². The van der Waals surface area contributed by atoms with Crippen LogP contribution < -0.4 is 0 Å². The average molecular weight is 640 g/mol. The Morgan fingerprint density at radius 2 is 1.52 bits per heavy atom. The summed E-state index contributed by atoms with van der Waals surface area (Å²) < 4.78 is 30.8. The molecule has 1 aromatic heterocycles. The quantitative estimate of drug-likeness (QED) is 0.191. The van der Waals surface area contributed by atoms with Crippen LogP contribution in [0.2, 0.25) is 0 Å². The maximum atomic E-state index is 13.5. The minimum absolute atomic E-state index is 0.0472. The molecule has 0 saturated heterocycles. The highest BCUT2D eigenvalue weighted by molar-refractivity contribution is 9.10. The van der Waals surface area contributed by atoms with Crippen LogP contribution in [0, 0.1) is 0 Å². The zero-order valence-electron chi connectivity index (χ0n) is 17.8. The standard InChI is InChI=1S/C21H25BrCl4NO4PS/c22-15-1-3-16(4-2-15)33(29,30)31-14-13-27(12-11-26)21(28)20-18(6-9-24)17(5-8-23)19(32-20)7-10-25/h1-4,32H,5-14H2. The fraction of sp³-hybridized carbons (Fsp3) is 0.476. The predicted molar refractivity (Wildman–Crippen MR) is 143 cm³/mol. The topological polar surface area (TPSA) is 63.7 Å². The van der Waals surface area contributed by atoms with Crippen molar-refractivity contribution in [3.05, 3.63) is 50.5 Å². The molecule has 184 valence electrons. The third-order valence-electron chi connectivity index (χ3n) is 4.90. The minimum Gasteiger partial charge on any atom is -0.335 e. The number of benzene rings is 1. The summed E-state index contributed by atoms with van der Waals surface area (Å²) >= 11 is 27.2. The first kappa shape index (κ1) is 29.3. The maximum absolute atomic E-state index is 13.5. The maximum Gasteiger partial charge on any atom is 0.297 e. The van der Waals surface area contributed by atoms with E-state index in [2.05, 4.69) is 15.9 Å². The molecule has 0 radical (unpaired) electrons. The monoisotopic (exact) mass is 637 g/mol. The second-order valence-corrected chi connectivity index (χ2v) is 12.4. The van der Waals surface area contributed by atoms with Gasteiger partial charge in [0.05, 0.1) is 16.8 Å². The van der Waals surface area contributed by atoms with Gasteiger partial charge in [0.2, 0.25) is 0 Å². The first-order valence-electron chi connectivity index (χ1n) is 10.2. The summed E-state index contributed by atoms with van der Waals surface area (Å²) in [4.78, 5) is 15.0. The zero-order valence-corrected chi connectivity index (χ0v) is 24.2. The van der Waals surface area contributed by atoms with Gasteiger partial charge in [-0.1, -0.05) is 15.9 Å². The van der Waals surface area contributed by atoms with Crippen molar-refractivity contribution in [2.24, 2.45) is 0 Å². The van der Waals surface area contributed by atoms with E-state index < -0.39 is 10.1 Å². The molecule has 0 aliphatic rings. The average Bonchev–Trinajstić information content (AvgIpc) is 3.11. The lowest BCUT2D eigenvalue weighted by Gasteiger charge is -2.22. The molecule has 1 aromatic carbocycles. The first-order chi connectivity index (χ1) is 15.8. The number of nitrogens with zero attached hydrogens (tertiary/aromatic N) is 1. The van der Waals surface area contributed by atoms with Crippen LogP contribution in [0.5, 0.6) is 0 Å². The third-order valence-corrected chi connectivity index (χ3v) is 9.11. The van der Waals surface area contributed by atoms with Crippen LogP contribution in [0.4, 0.5) is 0 Å². The van der Waals surface area contributed by atoms with E-state index in [1.54, 1.807) is 12.1 Å². The van der Waals surface area contributed by atoms with Gasteiger partial charge in [0.1, 0.15) is 0 Å². The second-order valence-electron chi connectivity index (χ2n) is 6.96. The van der Waals surface area contributed by atoms with Gasteiger partial charge in [-0.15, -0.1) is 54.6 Å². The Hall–Kier alpha value is 0.0200. The summed E-state index contributed by atoms with van der Waals surface area (Å²) in [6.45, 7) is 0.164. The fourth-order valence-corrected chi connectivity index (χ4v) is 7.16. The Kier molecular flexibility index (Phi) is 12.9. The molecule has 5 nitrogen and oxygen atoms in total. The van der Waals surface area contributed by atoms with Crippen molar-refractivity contribution in [3.8, 4) is 0 Å². The number of halogens is 5. The van der Waals surface area contributed by atoms with Crippen LogP contribution in [-0.2, 0) is 33.6 Å². The largest absolute Gasteiger partial charge is 0.335 e. The predicted octanol–water partition coefficient (Wildman–Crippen LogP) is 5.91. The van der Waals surface area contributed by atoms with E-state index in [0.29, 0.717) is 42.2 Å². The fourth-order valence-electron chi connectivity index (χ4n) is 3.39. The lowest BCUT2D eigenvalue weighted by molar-refractivity contribution is 0.0746. The summed E-state index contributed by atoms with van der Waals surface area (Å²) in [6.07, 6.45) is 1.88. The summed E-state index contributed by atoms with van der Waals surface area (Å²) in [6, 6.07) is 6.14. The molecule has 0 saturated carbocycles. The minimum atomic E-state index is -3.94. The van der Waals surface area contributed by atoms with Crippen LogP contribution in [0.15, 0.2) is 33.6 Å². The zero-order chi connectivity index (χ0) is 24.4. The van der Waals surface area contributed by atoms with Crippen molar-refractivity contribution in [2.45, 2.75) is 24.2 Å². The molecular weight excluding hydrogens is 615 g/mol. The number of carbonyl (C=O) groups is 1. The number of hydrogen-bond donors (Lipinski definition) is 0. The Balaban J connectivity index is 2.22. The lowest BCUT2D eigenvalue weighted by atomic mass is 10.0. The Morgan fingerprint density at radius 1 is 0.909 bits per heavy atom. The highest BCUT2D eigenvalue weighted by Gasteiger charge is 2.25. The van der Waals surface area contributed by atoms with Gasteiger partial charge in [-0.2, -0.15) is 8.42 Å². The van der Waals surface area contributed by atoms with E-state index in [4.69, 9.17) is 50.6 Å². The highest BCUT2D eigenvalue weighted by atomic mass is 79.9. The van der Waals surface area contributed by atoms with Crippen molar-refractivity contribution in [1.82, 2.24) is 4.90 Å². The van der Waals surface area contributed by atoms with Crippen molar-refractivity contribution >= 4 is 86.6 Å². The Bertz CT molecular complexity index is 1020. The van der Waals surface area contributed by atoms with Crippen LogP contribution >= 0.6 is 70.5 Å². The molecule has 0 bridgehead atoms. The number of aryl methyl sites for hydroxylation is 1. The van der Waals surface area contributed by atoms with Crippen LogP contribution in [-0.4, -0.2) is 62.4 Å². The van der Waals surface area contributed by atoms with Crippen LogP contribution in [0.25, 0.3) is 0 Å². The third kappa shape index (κ3) is 8.28. The van der Waals surface area contributed by atoms with Gasteiger partial charge in [0, 0.05) is 41.1 Å². The molecule has 2 aromatic rings. The normalized spacial score (nSPS) is 11.9. The molecule has 0 N–H and O–H groups in total. The van der Waals surface area contributed by atoms with Crippen molar-refractivity contribution in [3.63, 3.8) is 0 Å². The lowest BCUT2D eigenvalue weighted by Crippen LogP contribution is -2.36. The molecule has 1 amide bonds. The van der Waals surface area contributed by atoms with Crippen molar-refractivity contribution in [2.75, 3.05) is 43.2 Å². The molecule has 12 heteroatoms. The number of hydrogen-bond acceptors (Lipinski definition) is 4. The molecular formula is C21H25BrCl4NO4PS. The summed E-state index contributed by atoms with van der Waals surface area (Å²) in [5, 5.41) is 1.81. The van der Waals surface area contributed by atoms with Gasteiger partial charge in [-0.25, -0.2) is 0 Å². The number of alkyl halides is 4. The van der Waals surface area contributed by atoms with E-state index in [-0.39, 0.29) is 44.6 Å². The molecule has 1 unspecified atom stereocenters. The van der Waals surface area contributed by atoms with Gasteiger partial charge < -0.3 is 4.90 Å². The summed E-state index contributed by atoms with van der Waals surface area (Å²) in [7, 11) is -3.76. The first-order valence-corrected chi connectivity index (χ1v) is 15.5. The van der Waals surface area contributed by atoms with Crippen molar-refractivity contribution < 1.29 is 17.4 Å². The van der Waals surface area contributed by atoms with E-state index in [1.165, 1.54) is 17.0 Å². The van der Waals surface area contributed by atoms with E-state index in [0.717, 1.165) is 20.9 Å². The SMILES string of the molecule is O=C(c1[pH]c(CCCl)c(CCCl)c1CCCl)N(CCCl)CCOS(=O)(=O)c1ccc(Br)cc1. The van der Waals surface area contributed by atoms with Gasteiger partial charge >= 0.3 is 0 Å². The van der Waals surface area contributed by atoms with Gasteiger partial charge in [0.15, 0.2) is 0 Å². The van der Waals surface area contributed by atoms with Crippen molar-refractivity contribution in [1.29, 1.82) is 0 Å².